The minimum Gasteiger partial charge on any atom is -0.447 e. The second kappa shape index (κ2) is 5.36. The van der Waals surface area contributed by atoms with E-state index >= 15 is 0 Å². The summed E-state index contributed by atoms with van der Waals surface area (Å²) in [5, 5.41) is -0.605. The number of amides is 2. The average Bonchev–Trinajstić information content (AvgIpc) is 2.79. The zero-order chi connectivity index (χ0) is 14.0. The lowest BCUT2D eigenvalue weighted by atomic mass is 10.2. The number of cyclic esters (lactones) is 1. The third kappa shape index (κ3) is 2.90. The van der Waals surface area contributed by atoms with Crippen LogP contribution in [0.25, 0.3) is 6.08 Å². The molecular formula is C12H8ClF2NO3. The molecule has 4 nitrogen and oxygen atoms in total. The smallest absolute Gasteiger partial charge is 0.416 e. The van der Waals surface area contributed by atoms with Gasteiger partial charge in [0.15, 0.2) is 0 Å². The lowest BCUT2D eigenvalue weighted by molar-refractivity contribution is -0.122. The van der Waals surface area contributed by atoms with E-state index in [0.717, 1.165) is 23.1 Å². The Morgan fingerprint density at radius 1 is 1.37 bits per heavy atom. The van der Waals surface area contributed by atoms with Gasteiger partial charge in [-0.05, 0) is 23.8 Å². The maximum Gasteiger partial charge on any atom is 0.416 e. The normalized spacial score (nSPS) is 15.1. The summed E-state index contributed by atoms with van der Waals surface area (Å²) in [4.78, 5) is 23.6. The Kier molecular flexibility index (Phi) is 3.80. The molecule has 0 bridgehead atoms. The molecule has 1 fully saturated rings. The van der Waals surface area contributed by atoms with Crippen LogP contribution in [0, 0.1) is 11.6 Å². The summed E-state index contributed by atoms with van der Waals surface area (Å²) in [6.07, 6.45) is 1.49. The van der Waals surface area contributed by atoms with Gasteiger partial charge in [0.25, 0.3) is 5.91 Å². The number of carbonyl (C=O) groups excluding carboxylic acids is 2. The summed E-state index contributed by atoms with van der Waals surface area (Å²) < 4.78 is 30.9. The second-order valence-corrected chi connectivity index (χ2v) is 4.11. The molecule has 0 spiro atoms. The fourth-order valence-electron chi connectivity index (χ4n) is 1.52. The van der Waals surface area contributed by atoms with Crippen molar-refractivity contribution < 1.29 is 23.1 Å². The first-order valence-electron chi connectivity index (χ1n) is 5.30. The number of rotatable bonds is 2. The van der Waals surface area contributed by atoms with Gasteiger partial charge in [0.1, 0.15) is 23.3 Å². The van der Waals surface area contributed by atoms with Crippen LogP contribution < -0.4 is 0 Å². The molecule has 1 heterocycles. The van der Waals surface area contributed by atoms with Crippen molar-refractivity contribution in [3.8, 4) is 0 Å². The molecule has 100 valence electrons. The minimum absolute atomic E-state index is 0.125. The van der Waals surface area contributed by atoms with Crippen LogP contribution in [0.5, 0.6) is 0 Å². The summed E-state index contributed by atoms with van der Waals surface area (Å²) in [5.41, 5.74) is 0.125. The van der Waals surface area contributed by atoms with Crippen molar-refractivity contribution in [1.82, 2.24) is 4.90 Å². The Morgan fingerprint density at radius 3 is 2.53 bits per heavy atom. The van der Waals surface area contributed by atoms with Gasteiger partial charge < -0.3 is 4.74 Å². The van der Waals surface area contributed by atoms with Crippen LogP contribution in [-0.4, -0.2) is 30.1 Å². The van der Waals surface area contributed by atoms with Gasteiger partial charge >= 0.3 is 6.09 Å². The topological polar surface area (TPSA) is 46.6 Å². The van der Waals surface area contributed by atoms with E-state index in [1.807, 2.05) is 0 Å². The first-order valence-corrected chi connectivity index (χ1v) is 5.67. The number of nitrogens with zero attached hydrogens (tertiary/aromatic N) is 1. The fourth-order valence-corrected chi connectivity index (χ4v) is 1.63. The highest BCUT2D eigenvalue weighted by molar-refractivity contribution is 6.30. The van der Waals surface area contributed by atoms with Gasteiger partial charge in [-0.15, -0.1) is 0 Å². The Labute approximate surface area is 112 Å². The molecule has 7 heteroatoms. The van der Waals surface area contributed by atoms with Crippen molar-refractivity contribution in [3.63, 3.8) is 0 Å². The molecule has 0 aromatic heterocycles. The molecule has 1 saturated heterocycles. The standard InChI is InChI=1S/C12H8ClF2NO3/c13-11-8(14)5-7(6-9(11)15)1-2-10(17)16-3-4-19-12(16)18/h1-2,5-6H,3-4H2/b2-1+. The van der Waals surface area contributed by atoms with E-state index in [1.54, 1.807) is 0 Å². The quantitative estimate of drug-likeness (QED) is 0.620. The molecule has 0 radical (unpaired) electrons. The van der Waals surface area contributed by atoms with Crippen LogP contribution in [0.4, 0.5) is 13.6 Å². The molecule has 1 aliphatic rings. The third-order valence-electron chi connectivity index (χ3n) is 2.45. The Morgan fingerprint density at radius 2 is 2.00 bits per heavy atom. The van der Waals surface area contributed by atoms with E-state index in [0.29, 0.717) is 0 Å². The molecule has 1 aromatic carbocycles. The first kappa shape index (κ1) is 13.5. The number of hydrogen-bond acceptors (Lipinski definition) is 3. The number of benzene rings is 1. The van der Waals surface area contributed by atoms with Gasteiger partial charge in [0.2, 0.25) is 0 Å². The zero-order valence-electron chi connectivity index (χ0n) is 9.53. The number of ether oxygens (including phenoxy) is 1. The van der Waals surface area contributed by atoms with Gasteiger partial charge in [0.05, 0.1) is 6.54 Å². The van der Waals surface area contributed by atoms with Crippen LogP contribution in [-0.2, 0) is 9.53 Å². The van der Waals surface area contributed by atoms with E-state index < -0.39 is 28.7 Å². The van der Waals surface area contributed by atoms with Crippen LogP contribution in [0.3, 0.4) is 0 Å². The number of halogens is 3. The molecule has 0 atom stereocenters. The summed E-state index contributed by atoms with van der Waals surface area (Å²) in [7, 11) is 0. The van der Waals surface area contributed by atoms with E-state index in [1.165, 1.54) is 6.08 Å². The first-order chi connectivity index (χ1) is 8.99. The van der Waals surface area contributed by atoms with Gasteiger partial charge in [-0.2, -0.15) is 0 Å². The van der Waals surface area contributed by atoms with Crippen molar-refractivity contribution in [2.24, 2.45) is 0 Å². The van der Waals surface area contributed by atoms with Crippen molar-refractivity contribution >= 4 is 29.7 Å². The molecule has 0 aliphatic carbocycles. The average molecular weight is 288 g/mol. The molecule has 2 amide bonds. The Bertz CT molecular complexity index is 551. The molecule has 0 saturated carbocycles. The highest BCUT2D eigenvalue weighted by atomic mass is 35.5. The maximum absolute atomic E-state index is 13.2. The second-order valence-electron chi connectivity index (χ2n) is 3.74. The van der Waals surface area contributed by atoms with Crippen LogP contribution in [0.1, 0.15) is 5.56 Å². The predicted molar refractivity (Wildman–Crippen MR) is 63.5 cm³/mol. The van der Waals surface area contributed by atoms with Crippen molar-refractivity contribution in [2.45, 2.75) is 0 Å². The Balaban J connectivity index is 2.14. The number of hydrogen-bond donors (Lipinski definition) is 0. The maximum atomic E-state index is 13.2. The van der Waals surface area contributed by atoms with E-state index in [2.05, 4.69) is 4.74 Å². The molecule has 0 unspecified atom stereocenters. The van der Waals surface area contributed by atoms with Crippen LogP contribution in [0.2, 0.25) is 5.02 Å². The minimum atomic E-state index is -0.922. The van der Waals surface area contributed by atoms with Gasteiger partial charge in [-0.3, -0.25) is 4.79 Å². The summed E-state index contributed by atoms with van der Waals surface area (Å²) >= 11 is 5.32. The lowest BCUT2D eigenvalue weighted by Gasteiger charge is -2.06. The van der Waals surface area contributed by atoms with E-state index in [4.69, 9.17) is 11.6 Å². The van der Waals surface area contributed by atoms with E-state index in [-0.39, 0.29) is 18.7 Å². The summed E-state index contributed by atoms with van der Waals surface area (Å²) in [5.74, 6) is -2.46. The molecule has 0 N–H and O–H groups in total. The summed E-state index contributed by atoms with van der Waals surface area (Å²) in [6, 6.07) is 1.97. The predicted octanol–water partition coefficient (Wildman–Crippen LogP) is 2.61. The number of imide groups is 1. The lowest BCUT2D eigenvalue weighted by Crippen LogP contribution is -2.29. The van der Waals surface area contributed by atoms with Crippen LogP contribution in [0.15, 0.2) is 18.2 Å². The van der Waals surface area contributed by atoms with Gasteiger partial charge in [-0.25, -0.2) is 18.5 Å². The van der Waals surface area contributed by atoms with Gasteiger partial charge in [-0.1, -0.05) is 11.6 Å². The molecule has 1 aromatic rings. The van der Waals surface area contributed by atoms with Crippen molar-refractivity contribution in [1.29, 1.82) is 0 Å². The molecule has 1 aliphatic heterocycles. The molecule has 2 rings (SSSR count). The molecule has 19 heavy (non-hydrogen) atoms. The Hall–Kier alpha value is -1.95. The van der Waals surface area contributed by atoms with Crippen LogP contribution >= 0.6 is 11.6 Å². The third-order valence-corrected chi connectivity index (χ3v) is 2.81. The van der Waals surface area contributed by atoms with Crippen molar-refractivity contribution in [3.05, 3.63) is 40.4 Å². The highest BCUT2D eigenvalue weighted by Crippen LogP contribution is 2.21. The fraction of sp³-hybridized carbons (Fsp3) is 0.167. The SMILES string of the molecule is O=C(/C=C/c1cc(F)c(Cl)c(F)c1)N1CCOC1=O. The monoisotopic (exact) mass is 287 g/mol. The van der Waals surface area contributed by atoms with Gasteiger partial charge in [0, 0.05) is 6.08 Å². The number of carbonyl (C=O) groups is 2. The molecular weight excluding hydrogens is 280 g/mol. The van der Waals surface area contributed by atoms with Crippen molar-refractivity contribution in [2.75, 3.05) is 13.2 Å². The zero-order valence-corrected chi connectivity index (χ0v) is 10.3. The highest BCUT2D eigenvalue weighted by Gasteiger charge is 2.26. The summed E-state index contributed by atoms with van der Waals surface area (Å²) in [6.45, 7) is 0.300. The largest absolute Gasteiger partial charge is 0.447 e. The van der Waals surface area contributed by atoms with E-state index in [9.17, 15) is 18.4 Å².